The first-order valence-corrected chi connectivity index (χ1v) is 11.7. The highest BCUT2D eigenvalue weighted by Crippen LogP contribution is 2.49. The predicted octanol–water partition coefficient (Wildman–Crippen LogP) is 5.77. The SMILES string of the molecule is CCOC(=O)C1(c2ccc(-c3ccc(-c4onc(C)c4Cc4cccc(C#N)n4)cc3)cc2)CC1. The van der Waals surface area contributed by atoms with E-state index < -0.39 is 5.41 Å². The summed E-state index contributed by atoms with van der Waals surface area (Å²) in [5, 5.41) is 13.3. The minimum Gasteiger partial charge on any atom is -0.465 e. The van der Waals surface area contributed by atoms with Crippen molar-refractivity contribution in [3.63, 3.8) is 0 Å². The van der Waals surface area contributed by atoms with Crippen LogP contribution in [0.2, 0.25) is 0 Å². The Hall–Kier alpha value is -4.24. The van der Waals surface area contributed by atoms with Gasteiger partial charge < -0.3 is 9.26 Å². The Morgan fingerprint density at radius 3 is 2.31 bits per heavy atom. The van der Waals surface area contributed by atoms with Crippen LogP contribution >= 0.6 is 0 Å². The van der Waals surface area contributed by atoms with E-state index in [1.165, 1.54) is 0 Å². The van der Waals surface area contributed by atoms with Crippen LogP contribution in [0.5, 0.6) is 0 Å². The zero-order valence-electron chi connectivity index (χ0n) is 19.7. The van der Waals surface area contributed by atoms with Gasteiger partial charge in [-0.3, -0.25) is 4.79 Å². The fourth-order valence-electron chi connectivity index (χ4n) is 4.45. The number of aryl methyl sites for hydroxylation is 1. The van der Waals surface area contributed by atoms with Crippen LogP contribution in [0.15, 0.2) is 71.3 Å². The van der Waals surface area contributed by atoms with Crippen molar-refractivity contribution in [1.29, 1.82) is 5.26 Å². The summed E-state index contributed by atoms with van der Waals surface area (Å²) in [6.45, 7) is 4.16. The van der Waals surface area contributed by atoms with Gasteiger partial charge in [0.05, 0.1) is 17.7 Å². The monoisotopic (exact) mass is 463 g/mol. The van der Waals surface area contributed by atoms with Gasteiger partial charge in [0.1, 0.15) is 11.8 Å². The number of hydrogen-bond donors (Lipinski definition) is 0. The van der Waals surface area contributed by atoms with Gasteiger partial charge in [-0.25, -0.2) is 4.98 Å². The average molecular weight is 464 g/mol. The van der Waals surface area contributed by atoms with Gasteiger partial charge in [-0.15, -0.1) is 0 Å². The van der Waals surface area contributed by atoms with Crippen molar-refractivity contribution >= 4 is 5.97 Å². The number of ether oxygens (including phenoxy) is 1. The van der Waals surface area contributed by atoms with E-state index in [9.17, 15) is 4.79 Å². The molecule has 2 aromatic heterocycles. The Morgan fingerprint density at radius 2 is 1.69 bits per heavy atom. The molecule has 2 aromatic carbocycles. The molecule has 0 saturated heterocycles. The molecule has 35 heavy (non-hydrogen) atoms. The topological polar surface area (TPSA) is 89.0 Å². The van der Waals surface area contributed by atoms with Crippen molar-refractivity contribution < 1.29 is 14.1 Å². The van der Waals surface area contributed by atoms with Crippen LogP contribution in [0.1, 0.15) is 48.0 Å². The molecule has 1 aliphatic rings. The van der Waals surface area contributed by atoms with Crippen LogP contribution in [0.3, 0.4) is 0 Å². The molecule has 6 nitrogen and oxygen atoms in total. The maximum Gasteiger partial charge on any atom is 0.316 e. The number of carbonyl (C=O) groups is 1. The molecule has 0 atom stereocenters. The molecule has 1 fully saturated rings. The third-order valence-electron chi connectivity index (χ3n) is 6.60. The van der Waals surface area contributed by atoms with E-state index in [2.05, 4.69) is 40.5 Å². The molecule has 0 amide bonds. The Morgan fingerprint density at radius 1 is 1.03 bits per heavy atom. The van der Waals surface area contributed by atoms with Gasteiger partial charge in [-0.1, -0.05) is 59.8 Å². The quantitative estimate of drug-likeness (QED) is 0.323. The maximum absolute atomic E-state index is 12.4. The summed E-state index contributed by atoms with van der Waals surface area (Å²) in [7, 11) is 0. The Kier molecular flexibility index (Phi) is 5.92. The molecule has 2 heterocycles. The average Bonchev–Trinajstić information content (AvgIpc) is 3.64. The van der Waals surface area contributed by atoms with Crippen molar-refractivity contribution in [2.75, 3.05) is 6.61 Å². The van der Waals surface area contributed by atoms with Crippen molar-refractivity contribution in [2.45, 2.75) is 38.5 Å². The molecular weight excluding hydrogens is 438 g/mol. The fraction of sp³-hybridized carbons (Fsp3) is 0.241. The standard InChI is InChI=1S/C29H25N3O3/c1-3-34-28(33)29(15-16-29)23-13-11-21(12-14-23)20-7-9-22(10-8-20)27-26(19(2)32-35-27)17-24-5-4-6-25(18-30)31-24/h4-14H,3,15-17H2,1-2H3. The second-order valence-corrected chi connectivity index (χ2v) is 8.84. The first-order valence-electron chi connectivity index (χ1n) is 11.7. The second-order valence-electron chi connectivity index (χ2n) is 8.84. The number of nitrogens with zero attached hydrogens (tertiary/aromatic N) is 3. The van der Waals surface area contributed by atoms with Gasteiger partial charge in [0.25, 0.3) is 0 Å². The zero-order valence-corrected chi connectivity index (χ0v) is 19.7. The number of esters is 1. The molecule has 0 spiro atoms. The first-order chi connectivity index (χ1) is 17.0. The largest absolute Gasteiger partial charge is 0.465 e. The molecule has 0 N–H and O–H groups in total. The van der Waals surface area contributed by atoms with Crippen molar-refractivity contribution in [2.24, 2.45) is 0 Å². The third-order valence-corrected chi connectivity index (χ3v) is 6.60. The van der Waals surface area contributed by atoms with Crippen LogP contribution in [0, 0.1) is 18.3 Å². The summed E-state index contributed by atoms with van der Waals surface area (Å²) in [5.41, 5.74) is 6.59. The number of benzene rings is 2. The summed E-state index contributed by atoms with van der Waals surface area (Å²) in [6, 6.07) is 23.8. The summed E-state index contributed by atoms with van der Waals surface area (Å²) in [5.74, 6) is 0.587. The highest BCUT2D eigenvalue weighted by molar-refractivity contribution is 5.87. The van der Waals surface area contributed by atoms with Crippen LogP contribution in [0.25, 0.3) is 22.5 Å². The van der Waals surface area contributed by atoms with Gasteiger partial charge in [0.15, 0.2) is 5.76 Å². The second kappa shape index (κ2) is 9.19. The molecule has 1 saturated carbocycles. The number of hydrogen-bond acceptors (Lipinski definition) is 6. The minimum absolute atomic E-state index is 0.121. The lowest BCUT2D eigenvalue weighted by Gasteiger charge is -2.14. The smallest absolute Gasteiger partial charge is 0.316 e. The van der Waals surface area contributed by atoms with Crippen molar-refractivity contribution in [3.8, 4) is 28.5 Å². The molecule has 0 unspecified atom stereocenters. The van der Waals surface area contributed by atoms with Gasteiger partial charge in [0, 0.05) is 23.2 Å². The van der Waals surface area contributed by atoms with Crippen LogP contribution < -0.4 is 0 Å². The van der Waals surface area contributed by atoms with Gasteiger partial charge in [-0.05, 0) is 55.5 Å². The normalized spacial score (nSPS) is 13.7. The van der Waals surface area contributed by atoms with Crippen LogP contribution in [-0.2, 0) is 21.4 Å². The number of carbonyl (C=O) groups excluding carboxylic acids is 1. The lowest BCUT2D eigenvalue weighted by atomic mass is 9.93. The summed E-state index contributed by atoms with van der Waals surface area (Å²) >= 11 is 0. The summed E-state index contributed by atoms with van der Waals surface area (Å²) in [6.07, 6.45) is 2.22. The van der Waals surface area contributed by atoms with Gasteiger partial charge >= 0.3 is 5.97 Å². The van der Waals surface area contributed by atoms with E-state index in [0.717, 1.165) is 52.0 Å². The number of pyridine rings is 1. The molecule has 1 aliphatic carbocycles. The molecule has 0 radical (unpaired) electrons. The molecule has 6 heteroatoms. The van der Waals surface area contributed by atoms with Crippen LogP contribution in [-0.4, -0.2) is 22.7 Å². The minimum atomic E-state index is -0.458. The number of rotatable bonds is 7. The van der Waals surface area contributed by atoms with E-state index in [-0.39, 0.29) is 5.97 Å². The van der Waals surface area contributed by atoms with E-state index in [1.807, 2.05) is 50.2 Å². The van der Waals surface area contributed by atoms with Crippen molar-refractivity contribution in [3.05, 3.63) is 94.9 Å². The van der Waals surface area contributed by atoms with Gasteiger partial charge in [0.2, 0.25) is 0 Å². The Bertz CT molecular complexity index is 1410. The van der Waals surface area contributed by atoms with Crippen LogP contribution in [0.4, 0.5) is 0 Å². The highest BCUT2D eigenvalue weighted by atomic mass is 16.5. The first kappa shape index (κ1) is 22.5. The maximum atomic E-state index is 12.4. The molecular formula is C29H25N3O3. The van der Waals surface area contributed by atoms with E-state index in [0.29, 0.717) is 24.5 Å². The van der Waals surface area contributed by atoms with Crippen molar-refractivity contribution in [1.82, 2.24) is 10.1 Å². The molecule has 0 bridgehead atoms. The lowest BCUT2D eigenvalue weighted by molar-refractivity contribution is -0.146. The molecule has 4 aromatic rings. The number of nitriles is 1. The Labute approximate surface area is 204 Å². The molecule has 5 rings (SSSR count). The van der Waals surface area contributed by atoms with E-state index >= 15 is 0 Å². The number of aromatic nitrogens is 2. The molecule has 0 aliphatic heterocycles. The Balaban J connectivity index is 1.36. The highest BCUT2D eigenvalue weighted by Gasteiger charge is 2.52. The summed E-state index contributed by atoms with van der Waals surface area (Å²) in [4.78, 5) is 16.8. The summed E-state index contributed by atoms with van der Waals surface area (Å²) < 4.78 is 11.0. The fourth-order valence-corrected chi connectivity index (χ4v) is 4.45. The molecule has 174 valence electrons. The zero-order chi connectivity index (χ0) is 24.4. The predicted molar refractivity (Wildman–Crippen MR) is 131 cm³/mol. The van der Waals surface area contributed by atoms with Gasteiger partial charge in [-0.2, -0.15) is 5.26 Å². The third kappa shape index (κ3) is 4.33. The van der Waals surface area contributed by atoms with E-state index in [4.69, 9.17) is 14.5 Å². The van der Waals surface area contributed by atoms with E-state index in [1.54, 1.807) is 6.07 Å². The lowest BCUT2D eigenvalue weighted by Crippen LogP contribution is -2.23.